The smallest absolute Gasteiger partial charge is 0.387 e. The monoisotopic (exact) mass is 268 g/mol. The van der Waals surface area contributed by atoms with E-state index in [-0.39, 0.29) is 11.5 Å². The standard InChI is InChI=1S/C15H18F2O2/c16-15(17)19-13-8-6-12(7-9-13)14(18)10-5-11-3-1-2-4-11/h6-9,11,15H,1-5,10H2. The molecular weight excluding hydrogens is 250 g/mol. The van der Waals surface area contributed by atoms with Crippen LogP contribution in [-0.4, -0.2) is 12.4 Å². The highest BCUT2D eigenvalue weighted by Gasteiger charge is 2.16. The predicted molar refractivity (Wildman–Crippen MR) is 68.6 cm³/mol. The largest absolute Gasteiger partial charge is 0.435 e. The van der Waals surface area contributed by atoms with Gasteiger partial charge in [0.15, 0.2) is 5.78 Å². The molecule has 0 saturated heterocycles. The lowest BCUT2D eigenvalue weighted by Gasteiger charge is -2.08. The van der Waals surface area contributed by atoms with Crippen molar-refractivity contribution in [3.63, 3.8) is 0 Å². The van der Waals surface area contributed by atoms with Gasteiger partial charge in [-0.3, -0.25) is 4.79 Å². The SMILES string of the molecule is O=C(CCC1CCCC1)c1ccc(OC(F)F)cc1. The first-order valence-corrected chi connectivity index (χ1v) is 6.73. The van der Waals surface area contributed by atoms with Crippen molar-refractivity contribution < 1.29 is 18.3 Å². The number of carbonyl (C=O) groups is 1. The van der Waals surface area contributed by atoms with Crippen LogP contribution < -0.4 is 4.74 Å². The molecule has 1 aliphatic carbocycles. The number of benzene rings is 1. The van der Waals surface area contributed by atoms with Crippen LogP contribution in [0.4, 0.5) is 8.78 Å². The van der Waals surface area contributed by atoms with Crippen molar-refractivity contribution in [3.8, 4) is 5.75 Å². The summed E-state index contributed by atoms with van der Waals surface area (Å²) in [7, 11) is 0. The van der Waals surface area contributed by atoms with Gasteiger partial charge in [-0.15, -0.1) is 0 Å². The van der Waals surface area contributed by atoms with Gasteiger partial charge in [0.25, 0.3) is 0 Å². The van der Waals surface area contributed by atoms with Crippen molar-refractivity contribution in [2.75, 3.05) is 0 Å². The molecule has 4 heteroatoms. The van der Waals surface area contributed by atoms with Gasteiger partial charge in [0.1, 0.15) is 5.75 Å². The molecule has 0 spiro atoms. The number of Topliss-reactive ketones (excluding diaryl/α,β-unsaturated/α-hetero) is 1. The van der Waals surface area contributed by atoms with Gasteiger partial charge in [-0.05, 0) is 36.6 Å². The second-order valence-electron chi connectivity index (χ2n) is 5.02. The van der Waals surface area contributed by atoms with Crippen LogP contribution in [0, 0.1) is 5.92 Å². The van der Waals surface area contributed by atoms with E-state index in [9.17, 15) is 13.6 Å². The van der Waals surface area contributed by atoms with Crippen molar-refractivity contribution in [2.45, 2.75) is 45.1 Å². The van der Waals surface area contributed by atoms with E-state index in [0.29, 0.717) is 17.9 Å². The minimum absolute atomic E-state index is 0.0792. The van der Waals surface area contributed by atoms with Gasteiger partial charge in [-0.1, -0.05) is 25.7 Å². The molecule has 0 bridgehead atoms. The zero-order valence-corrected chi connectivity index (χ0v) is 10.8. The number of hydrogen-bond donors (Lipinski definition) is 0. The third kappa shape index (κ3) is 4.30. The average Bonchev–Trinajstić information content (AvgIpc) is 2.89. The summed E-state index contributed by atoms with van der Waals surface area (Å²) in [4.78, 5) is 11.9. The van der Waals surface area contributed by atoms with Gasteiger partial charge in [-0.25, -0.2) is 0 Å². The molecule has 1 aromatic rings. The third-order valence-electron chi connectivity index (χ3n) is 3.66. The van der Waals surface area contributed by atoms with Gasteiger partial charge >= 0.3 is 6.61 Å². The lowest BCUT2D eigenvalue weighted by atomic mass is 9.97. The second kappa shape index (κ2) is 6.64. The molecule has 0 heterocycles. The highest BCUT2D eigenvalue weighted by Crippen LogP contribution is 2.29. The van der Waals surface area contributed by atoms with Gasteiger partial charge in [-0.2, -0.15) is 8.78 Å². The molecule has 0 radical (unpaired) electrons. The first kappa shape index (κ1) is 14.0. The number of rotatable bonds is 6. The maximum Gasteiger partial charge on any atom is 0.387 e. The molecule has 0 atom stereocenters. The Morgan fingerprint density at radius 3 is 2.42 bits per heavy atom. The van der Waals surface area contributed by atoms with Crippen molar-refractivity contribution in [1.82, 2.24) is 0 Å². The summed E-state index contributed by atoms with van der Waals surface area (Å²) in [6.45, 7) is -2.83. The van der Waals surface area contributed by atoms with Gasteiger partial charge in [0.05, 0.1) is 0 Å². The van der Waals surface area contributed by atoms with E-state index in [1.807, 2.05) is 0 Å². The Labute approximate surface area is 111 Å². The zero-order chi connectivity index (χ0) is 13.7. The van der Waals surface area contributed by atoms with Crippen LogP contribution in [0.25, 0.3) is 0 Å². The number of halogens is 2. The quantitative estimate of drug-likeness (QED) is 0.713. The van der Waals surface area contributed by atoms with Crippen molar-refractivity contribution in [3.05, 3.63) is 29.8 Å². The molecule has 0 unspecified atom stereocenters. The summed E-state index contributed by atoms with van der Waals surface area (Å²) < 4.78 is 28.2. The van der Waals surface area contributed by atoms with Crippen molar-refractivity contribution >= 4 is 5.78 Å². The highest BCUT2D eigenvalue weighted by molar-refractivity contribution is 5.96. The molecule has 1 fully saturated rings. The number of hydrogen-bond acceptors (Lipinski definition) is 2. The first-order chi connectivity index (χ1) is 9.15. The third-order valence-corrected chi connectivity index (χ3v) is 3.66. The van der Waals surface area contributed by atoms with E-state index in [1.54, 1.807) is 12.1 Å². The number of ether oxygens (including phenoxy) is 1. The fraction of sp³-hybridized carbons (Fsp3) is 0.533. The van der Waals surface area contributed by atoms with E-state index in [2.05, 4.69) is 4.74 Å². The maximum atomic E-state index is 12.0. The molecule has 2 nitrogen and oxygen atoms in total. The zero-order valence-electron chi connectivity index (χ0n) is 10.8. The molecule has 0 aliphatic heterocycles. The van der Waals surface area contributed by atoms with Crippen molar-refractivity contribution in [1.29, 1.82) is 0 Å². The van der Waals surface area contributed by atoms with Gasteiger partial charge in [0, 0.05) is 12.0 Å². The van der Waals surface area contributed by atoms with Crippen LogP contribution in [-0.2, 0) is 0 Å². The van der Waals surface area contributed by atoms with Crippen molar-refractivity contribution in [2.24, 2.45) is 5.92 Å². The molecule has 104 valence electrons. The molecule has 0 amide bonds. The van der Waals surface area contributed by atoms with Crippen LogP contribution >= 0.6 is 0 Å². The fourth-order valence-electron chi connectivity index (χ4n) is 2.60. The Hall–Kier alpha value is -1.45. The molecular formula is C15H18F2O2. The molecule has 19 heavy (non-hydrogen) atoms. The summed E-state index contributed by atoms with van der Waals surface area (Å²) >= 11 is 0. The predicted octanol–water partition coefficient (Wildman–Crippen LogP) is 4.44. The molecule has 0 N–H and O–H groups in total. The molecule has 1 aliphatic rings. The maximum absolute atomic E-state index is 12.0. The average molecular weight is 268 g/mol. The summed E-state index contributed by atoms with van der Waals surface area (Å²) in [6, 6.07) is 5.92. The van der Waals surface area contributed by atoms with Gasteiger partial charge < -0.3 is 4.74 Å². The summed E-state index contributed by atoms with van der Waals surface area (Å²) in [6.07, 6.45) is 6.49. The Bertz CT molecular complexity index is 409. The summed E-state index contributed by atoms with van der Waals surface area (Å²) in [5, 5.41) is 0. The van der Waals surface area contributed by atoms with E-state index in [0.717, 1.165) is 6.42 Å². The van der Waals surface area contributed by atoms with E-state index >= 15 is 0 Å². The van der Waals surface area contributed by atoms with Gasteiger partial charge in [0.2, 0.25) is 0 Å². The Morgan fingerprint density at radius 1 is 1.21 bits per heavy atom. The topological polar surface area (TPSA) is 26.3 Å². The van der Waals surface area contributed by atoms with Crippen LogP contribution in [0.5, 0.6) is 5.75 Å². The molecule has 0 aromatic heterocycles. The Kier molecular flexibility index (Phi) is 4.88. The van der Waals surface area contributed by atoms with Crippen LogP contribution in [0.3, 0.4) is 0 Å². The lowest BCUT2D eigenvalue weighted by Crippen LogP contribution is -2.04. The molecule has 1 saturated carbocycles. The number of alkyl halides is 2. The normalized spacial score (nSPS) is 15.9. The summed E-state index contributed by atoms with van der Waals surface area (Å²) in [5.74, 6) is 0.850. The molecule has 2 rings (SSSR count). The summed E-state index contributed by atoms with van der Waals surface area (Å²) in [5.41, 5.74) is 0.569. The fourth-order valence-corrected chi connectivity index (χ4v) is 2.60. The van der Waals surface area contributed by atoms with E-state index in [4.69, 9.17) is 0 Å². The van der Waals surface area contributed by atoms with Crippen LogP contribution in [0.1, 0.15) is 48.9 Å². The van der Waals surface area contributed by atoms with Crippen LogP contribution in [0.15, 0.2) is 24.3 Å². The van der Waals surface area contributed by atoms with Crippen LogP contribution in [0.2, 0.25) is 0 Å². The number of ketones is 1. The first-order valence-electron chi connectivity index (χ1n) is 6.73. The Balaban J connectivity index is 1.84. The minimum Gasteiger partial charge on any atom is -0.435 e. The highest BCUT2D eigenvalue weighted by atomic mass is 19.3. The Morgan fingerprint density at radius 2 is 1.84 bits per heavy atom. The molecule has 1 aromatic carbocycles. The lowest BCUT2D eigenvalue weighted by molar-refractivity contribution is -0.0498. The second-order valence-corrected chi connectivity index (χ2v) is 5.02. The van der Waals surface area contributed by atoms with E-state index < -0.39 is 6.61 Å². The minimum atomic E-state index is -2.83. The number of carbonyl (C=O) groups excluding carboxylic acids is 1. The van der Waals surface area contributed by atoms with E-state index in [1.165, 1.54) is 37.8 Å².